The van der Waals surface area contributed by atoms with E-state index in [0.717, 1.165) is 16.6 Å². The van der Waals surface area contributed by atoms with E-state index in [-0.39, 0.29) is 16.0 Å². The van der Waals surface area contributed by atoms with E-state index in [0.29, 0.717) is 15.9 Å². The maximum atomic E-state index is 10.1. The molecule has 0 saturated heterocycles. The molecule has 0 amide bonds. The van der Waals surface area contributed by atoms with Crippen LogP contribution in [0.2, 0.25) is 0 Å². The fraction of sp³-hybridized carbons (Fsp3) is 0.0714. The first-order chi connectivity index (χ1) is 9.47. The van der Waals surface area contributed by atoms with Gasteiger partial charge in [0.2, 0.25) is 0 Å². The molecule has 3 aromatic rings. The number of aromatic hydroxyl groups is 2. The Morgan fingerprint density at radius 1 is 1.10 bits per heavy atom. The van der Waals surface area contributed by atoms with Crippen molar-refractivity contribution in [1.82, 2.24) is 9.97 Å². The highest BCUT2D eigenvalue weighted by Crippen LogP contribution is 2.44. The average molecular weight is 398 g/mol. The molecule has 2 aromatic carbocycles. The Kier molecular flexibility index (Phi) is 3.22. The normalized spacial score (nSPS) is 11.2. The van der Waals surface area contributed by atoms with E-state index in [4.69, 9.17) is 0 Å². The van der Waals surface area contributed by atoms with E-state index in [1.807, 2.05) is 25.1 Å². The molecule has 6 heteroatoms. The molecule has 0 fully saturated rings. The molecule has 0 bridgehead atoms. The molecule has 0 spiro atoms. The smallest absolute Gasteiger partial charge is 0.147 e. The number of aromatic amines is 1. The van der Waals surface area contributed by atoms with Crippen molar-refractivity contribution in [2.24, 2.45) is 0 Å². The van der Waals surface area contributed by atoms with E-state index in [1.165, 1.54) is 0 Å². The highest BCUT2D eigenvalue weighted by molar-refractivity contribution is 9.11. The number of benzene rings is 2. The van der Waals surface area contributed by atoms with Crippen molar-refractivity contribution in [3.05, 3.63) is 38.8 Å². The molecule has 0 aliphatic carbocycles. The molecule has 1 aromatic heterocycles. The number of hydrogen-bond acceptors (Lipinski definition) is 3. The average Bonchev–Trinajstić information content (AvgIpc) is 2.83. The molecule has 3 N–H and O–H groups in total. The standard InChI is InChI=1S/C14H10Br2N2O2/c1-6-2-3-9-10(4-6)18-14(17-9)7-5-8(15)13(20)11(16)12(7)19/h2-5,19-20H,1H3,(H,17,18). The topological polar surface area (TPSA) is 69.1 Å². The van der Waals surface area contributed by atoms with Gasteiger partial charge >= 0.3 is 0 Å². The summed E-state index contributed by atoms with van der Waals surface area (Å²) in [6.07, 6.45) is 0. The van der Waals surface area contributed by atoms with Crippen LogP contribution in [-0.4, -0.2) is 20.2 Å². The number of aryl methyl sites for hydroxylation is 1. The molecular formula is C14H10Br2N2O2. The fourth-order valence-electron chi connectivity index (χ4n) is 2.03. The largest absolute Gasteiger partial charge is 0.506 e. The van der Waals surface area contributed by atoms with Gasteiger partial charge < -0.3 is 15.2 Å². The number of imidazole rings is 1. The fourth-order valence-corrected chi connectivity index (χ4v) is 3.15. The van der Waals surface area contributed by atoms with E-state index in [2.05, 4.69) is 41.8 Å². The quantitative estimate of drug-likeness (QED) is 0.567. The van der Waals surface area contributed by atoms with Crippen molar-refractivity contribution >= 4 is 42.9 Å². The number of phenolic OH excluding ortho intramolecular Hbond substituents is 2. The second-order valence-corrected chi connectivity index (χ2v) is 6.17. The summed E-state index contributed by atoms with van der Waals surface area (Å²) < 4.78 is 0.715. The first-order valence-corrected chi connectivity index (χ1v) is 7.42. The monoisotopic (exact) mass is 396 g/mol. The number of nitrogens with one attached hydrogen (secondary N) is 1. The predicted molar refractivity (Wildman–Crippen MR) is 85.0 cm³/mol. The third-order valence-corrected chi connectivity index (χ3v) is 4.42. The number of hydrogen-bond donors (Lipinski definition) is 3. The third kappa shape index (κ3) is 2.09. The molecule has 0 unspecified atom stereocenters. The van der Waals surface area contributed by atoms with Gasteiger partial charge in [0.05, 0.1) is 21.1 Å². The zero-order chi connectivity index (χ0) is 14.4. The Bertz CT molecular complexity index is 828. The SMILES string of the molecule is Cc1ccc2nc(-c3cc(Br)c(O)c(Br)c3O)[nH]c2c1. The summed E-state index contributed by atoms with van der Waals surface area (Å²) in [5, 5.41) is 19.9. The number of phenols is 2. The highest BCUT2D eigenvalue weighted by atomic mass is 79.9. The first-order valence-electron chi connectivity index (χ1n) is 5.84. The number of aromatic nitrogens is 2. The van der Waals surface area contributed by atoms with Crippen LogP contribution in [0, 0.1) is 6.92 Å². The van der Waals surface area contributed by atoms with E-state index >= 15 is 0 Å². The summed E-state index contributed by atoms with van der Waals surface area (Å²) in [6, 6.07) is 7.52. The zero-order valence-corrected chi connectivity index (χ0v) is 13.6. The zero-order valence-electron chi connectivity index (χ0n) is 10.4. The lowest BCUT2D eigenvalue weighted by molar-refractivity contribution is 0.443. The number of nitrogens with zero attached hydrogens (tertiary/aromatic N) is 1. The molecule has 4 nitrogen and oxygen atoms in total. The van der Waals surface area contributed by atoms with E-state index in [9.17, 15) is 10.2 Å². The summed E-state index contributed by atoms with van der Waals surface area (Å²) in [4.78, 5) is 7.63. The van der Waals surface area contributed by atoms with Gasteiger partial charge in [0.25, 0.3) is 0 Å². The Morgan fingerprint density at radius 2 is 1.85 bits per heavy atom. The van der Waals surface area contributed by atoms with Crippen LogP contribution in [-0.2, 0) is 0 Å². The Balaban J connectivity index is 2.25. The van der Waals surface area contributed by atoms with Crippen LogP contribution in [0.4, 0.5) is 0 Å². The number of rotatable bonds is 1. The Labute approximate surface area is 131 Å². The molecule has 0 aliphatic heterocycles. The van der Waals surface area contributed by atoms with Crippen molar-refractivity contribution in [3.63, 3.8) is 0 Å². The lowest BCUT2D eigenvalue weighted by Gasteiger charge is -2.07. The number of fused-ring (bicyclic) bond motifs is 1. The minimum atomic E-state index is -0.0542. The number of halogens is 2. The van der Waals surface area contributed by atoms with Crippen LogP contribution in [0.5, 0.6) is 11.5 Å². The van der Waals surface area contributed by atoms with Crippen molar-refractivity contribution in [2.75, 3.05) is 0 Å². The Morgan fingerprint density at radius 3 is 2.60 bits per heavy atom. The van der Waals surface area contributed by atoms with Gasteiger partial charge in [-0.25, -0.2) is 4.98 Å². The minimum absolute atomic E-state index is 0.0433. The lowest BCUT2D eigenvalue weighted by Crippen LogP contribution is -1.85. The van der Waals surface area contributed by atoms with Crippen LogP contribution >= 0.6 is 31.9 Å². The minimum Gasteiger partial charge on any atom is -0.506 e. The molecule has 0 radical (unpaired) electrons. The van der Waals surface area contributed by atoms with Crippen molar-refractivity contribution in [2.45, 2.75) is 6.92 Å². The van der Waals surface area contributed by atoms with Gasteiger partial charge in [-0.05, 0) is 62.5 Å². The van der Waals surface area contributed by atoms with Gasteiger partial charge in [-0.1, -0.05) is 6.07 Å². The predicted octanol–water partition coefficient (Wildman–Crippen LogP) is 4.47. The maximum absolute atomic E-state index is 10.1. The highest BCUT2D eigenvalue weighted by Gasteiger charge is 2.17. The van der Waals surface area contributed by atoms with Gasteiger partial charge in [-0.3, -0.25) is 0 Å². The van der Waals surface area contributed by atoms with Crippen LogP contribution in [0.25, 0.3) is 22.4 Å². The van der Waals surface area contributed by atoms with Crippen molar-refractivity contribution in [1.29, 1.82) is 0 Å². The van der Waals surface area contributed by atoms with E-state index in [1.54, 1.807) is 6.07 Å². The third-order valence-electron chi connectivity index (χ3n) is 3.06. The molecule has 0 atom stereocenters. The summed E-state index contributed by atoms with van der Waals surface area (Å²) in [5.74, 6) is 0.448. The molecule has 102 valence electrons. The van der Waals surface area contributed by atoms with Crippen molar-refractivity contribution < 1.29 is 10.2 Å². The summed E-state index contributed by atoms with van der Waals surface area (Å²) in [5.41, 5.74) is 3.37. The van der Waals surface area contributed by atoms with Gasteiger partial charge in [0.15, 0.2) is 0 Å². The molecule has 20 heavy (non-hydrogen) atoms. The first kappa shape index (κ1) is 13.5. The second-order valence-electron chi connectivity index (χ2n) is 4.52. The van der Waals surface area contributed by atoms with Crippen molar-refractivity contribution in [3.8, 4) is 22.9 Å². The molecule has 1 heterocycles. The van der Waals surface area contributed by atoms with Crippen LogP contribution < -0.4 is 0 Å². The summed E-state index contributed by atoms with van der Waals surface area (Å²) >= 11 is 6.41. The Hall–Kier alpha value is -1.53. The van der Waals surface area contributed by atoms with Gasteiger partial charge in [0, 0.05) is 0 Å². The molecular weight excluding hydrogens is 388 g/mol. The van der Waals surface area contributed by atoms with Gasteiger partial charge in [-0.15, -0.1) is 0 Å². The molecule has 3 rings (SSSR count). The van der Waals surface area contributed by atoms with Gasteiger partial charge in [0.1, 0.15) is 21.8 Å². The van der Waals surface area contributed by atoms with Crippen LogP contribution in [0.1, 0.15) is 5.56 Å². The van der Waals surface area contributed by atoms with Gasteiger partial charge in [-0.2, -0.15) is 0 Å². The summed E-state index contributed by atoms with van der Waals surface area (Å²) in [6.45, 7) is 2.01. The lowest BCUT2D eigenvalue weighted by atomic mass is 10.2. The van der Waals surface area contributed by atoms with Crippen LogP contribution in [0.3, 0.4) is 0 Å². The molecule has 0 saturated carbocycles. The number of H-pyrrole nitrogens is 1. The summed E-state index contributed by atoms with van der Waals surface area (Å²) in [7, 11) is 0. The second kappa shape index (κ2) is 4.79. The van der Waals surface area contributed by atoms with Crippen LogP contribution in [0.15, 0.2) is 33.2 Å². The van der Waals surface area contributed by atoms with E-state index < -0.39 is 0 Å². The maximum Gasteiger partial charge on any atom is 0.147 e. The molecule has 0 aliphatic rings.